The zero-order valence-corrected chi connectivity index (χ0v) is 13.0. The number of hydrogen-bond donors (Lipinski definition) is 1. The van der Waals surface area contributed by atoms with Crippen molar-refractivity contribution in [2.45, 2.75) is 51.7 Å². The van der Waals surface area contributed by atoms with Gasteiger partial charge in [-0.15, -0.1) is 0 Å². The average molecular weight is 292 g/mol. The lowest BCUT2D eigenvalue weighted by molar-refractivity contribution is 0.0501. The van der Waals surface area contributed by atoms with Gasteiger partial charge in [0.2, 0.25) is 0 Å². The van der Waals surface area contributed by atoms with Crippen LogP contribution in [0.3, 0.4) is 0 Å². The second-order valence-corrected chi connectivity index (χ2v) is 6.36. The molecule has 0 saturated carbocycles. The number of anilines is 1. The Kier molecular flexibility index (Phi) is 4.98. The minimum Gasteiger partial charge on any atom is -0.444 e. The van der Waals surface area contributed by atoms with Crippen molar-refractivity contribution in [3.63, 3.8) is 0 Å². The predicted octanol–water partition coefficient (Wildman–Crippen LogP) is 2.36. The summed E-state index contributed by atoms with van der Waals surface area (Å²) in [6.07, 6.45) is 6.06. The Morgan fingerprint density at radius 2 is 2.14 bits per heavy atom. The van der Waals surface area contributed by atoms with Gasteiger partial charge in [-0.2, -0.15) is 10.2 Å². The van der Waals surface area contributed by atoms with Gasteiger partial charge < -0.3 is 15.0 Å². The first-order valence-electron chi connectivity index (χ1n) is 7.45. The molecular formula is C15H24N4O2. The standard InChI is InChI=1S/C15H24N4O2/c1-15(2,3)21-14(20)18-12-5-4-9-19(10-7-12)13-6-8-16-17-11-13/h6,8,11-12H,4-5,7,9-10H2,1-3H3,(H,18,20). The fraction of sp³-hybridized carbons (Fsp3) is 0.667. The molecule has 1 aromatic heterocycles. The van der Waals surface area contributed by atoms with E-state index in [1.165, 1.54) is 0 Å². The van der Waals surface area contributed by atoms with Gasteiger partial charge in [0, 0.05) is 19.1 Å². The van der Waals surface area contributed by atoms with Gasteiger partial charge in [0.25, 0.3) is 0 Å². The minimum absolute atomic E-state index is 0.166. The third kappa shape index (κ3) is 5.21. The van der Waals surface area contributed by atoms with Crippen LogP contribution < -0.4 is 10.2 Å². The second kappa shape index (κ2) is 6.74. The maximum Gasteiger partial charge on any atom is 0.407 e. The molecule has 0 aromatic carbocycles. The lowest BCUT2D eigenvalue weighted by atomic mass is 10.1. The number of ether oxygens (including phenoxy) is 1. The van der Waals surface area contributed by atoms with E-state index < -0.39 is 5.60 Å². The summed E-state index contributed by atoms with van der Waals surface area (Å²) in [7, 11) is 0. The molecule has 0 spiro atoms. The van der Waals surface area contributed by atoms with E-state index in [9.17, 15) is 4.79 Å². The number of carbonyl (C=O) groups excluding carboxylic acids is 1. The van der Waals surface area contributed by atoms with Crippen LogP contribution in [0.5, 0.6) is 0 Å². The number of alkyl carbamates (subject to hydrolysis) is 1. The van der Waals surface area contributed by atoms with Crippen LogP contribution in [0, 0.1) is 0 Å². The van der Waals surface area contributed by atoms with E-state index in [1.807, 2.05) is 26.8 Å². The van der Waals surface area contributed by atoms with Gasteiger partial charge in [-0.3, -0.25) is 0 Å². The summed E-state index contributed by atoms with van der Waals surface area (Å²) in [5.74, 6) is 0. The van der Waals surface area contributed by atoms with E-state index in [-0.39, 0.29) is 12.1 Å². The SMILES string of the molecule is CC(C)(C)OC(=O)NC1CCCN(c2ccnnc2)CC1. The summed E-state index contributed by atoms with van der Waals surface area (Å²) >= 11 is 0. The smallest absolute Gasteiger partial charge is 0.407 e. The van der Waals surface area contributed by atoms with E-state index in [0.29, 0.717) is 0 Å². The lowest BCUT2D eigenvalue weighted by Gasteiger charge is -2.23. The predicted molar refractivity (Wildman–Crippen MR) is 81.3 cm³/mol. The zero-order chi connectivity index (χ0) is 15.3. The maximum atomic E-state index is 11.8. The fourth-order valence-electron chi connectivity index (χ4n) is 2.44. The van der Waals surface area contributed by atoms with Gasteiger partial charge in [0.05, 0.1) is 18.1 Å². The zero-order valence-electron chi connectivity index (χ0n) is 13.0. The average Bonchev–Trinajstić information content (AvgIpc) is 2.63. The Bertz CT molecular complexity index is 458. The molecule has 1 fully saturated rings. The molecule has 1 N–H and O–H groups in total. The molecule has 1 atom stereocenters. The van der Waals surface area contributed by atoms with Crippen LogP contribution >= 0.6 is 0 Å². The van der Waals surface area contributed by atoms with Crippen LogP contribution in [0.1, 0.15) is 40.0 Å². The Morgan fingerprint density at radius 1 is 1.33 bits per heavy atom. The Labute approximate surface area is 125 Å². The summed E-state index contributed by atoms with van der Waals surface area (Å²) in [6, 6.07) is 2.13. The molecule has 0 radical (unpaired) electrons. The van der Waals surface area contributed by atoms with Crippen LogP contribution in [0.15, 0.2) is 18.5 Å². The van der Waals surface area contributed by atoms with Crippen molar-refractivity contribution < 1.29 is 9.53 Å². The molecule has 1 saturated heterocycles. The van der Waals surface area contributed by atoms with Crippen LogP contribution in [-0.2, 0) is 4.74 Å². The first kappa shape index (κ1) is 15.5. The van der Waals surface area contributed by atoms with E-state index in [0.717, 1.165) is 38.0 Å². The number of nitrogens with zero attached hydrogens (tertiary/aromatic N) is 3. The molecule has 2 rings (SSSR count). The van der Waals surface area contributed by atoms with E-state index in [2.05, 4.69) is 20.4 Å². The van der Waals surface area contributed by atoms with Crippen molar-refractivity contribution in [1.29, 1.82) is 0 Å². The van der Waals surface area contributed by atoms with E-state index in [1.54, 1.807) is 12.4 Å². The quantitative estimate of drug-likeness (QED) is 0.906. The molecule has 6 heteroatoms. The third-order valence-corrected chi connectivity index (χ3v) is 3.38. The van der Waals surface area contributed by atoms with Crippen LogP contribution in [0.25, 0.3) is 0 Å². The van der Waals surface area contributed by atoms with Crippen LogP contribution in [0.2, 0.25) is 0 Å². The molecule has 1 amide bonds. The summed E-state index contributed by atoms with van der Waals surface area (Å²) in [5.41, 5.74) is 0.631. The number of hydrogen-bond acceptors (Lipinski definition) is 5. The third-order valence-electron chi connectivity index (χ3n) is 3.38. The summed E-state index contributed by atoms with van der Waals surface area (Å²) in [6.45, 7) is 7.48. The van der Waals surface area contributed by atoms with E-state index >= 15 is 0 Å². The highest BCUT2D eigenvalue weighted by molar-refractivity contribution is 5.68. The maximum absolute atomic E-state index is 11.8. The van der Waals surface area contributed by atoms with Crippen LogP contribution in [-0.4, -0.2) is 41.0 Å². The number of nitrogens with one attached hydrogen (secondary N) is 1. The molecule has 0 aliphatic carbocycles. The monoisotopic (exact) mass is 292 g/mol. The summed E-state index contributed by atoms with van der Waals surface area (Å²) in [4.78, 5) is 14.1. The lowest BCUT2D eigenvalue weighted by Crippen LogP contribution is -2.39. The van der Waals surface area contributed by atoms with Crippen molar-refractivity contribution in [3.05, 3.63) is 18.5 Å². The Hall–Kier alpha value is -1.85. The molecule has 6 nitrogen and oxygen atoms in total. The molecule has 1 unspecified atom stereocenters. The molecule has 21 heavy (non-hydrogen) atoms. The minimum atomic E-state index is -0.455. The number of carbonyl (C=O) groups is 1. The van der Waals surface area contributed by atoms with Gasteiger partial charge in [-0.1, -0.05) is 0 Å². The highest BCUT2D eigenvalue weighted by Gasteiger charge is 2.22. The van der Waals surface area contributed by atoms with Crippen molar-refractivity contribution in [3.8, 4) is 0 Å². The van der Waals surface area contributed by atoms with Gasteiger partial charge in [0.15, 0.2) is 0 Å². The molecular weight excluding hydrogens is 268 g/mol. The fourth-order valence-corrected chi connectivity index (χ4v) is 2.44. The Balaban J connectivity index is 1.85. The highest BCUT2D eigenvalue weighted by Crippen LogP contribution is 2.18. The van der Waals surface area contributed by atoms with Crippen molar-refractivity contribution in [1.82, 2.24) is 15.5 Å². The normalized spacial score (nSPS) is 19.8. The molecule has 0 bridgehead atoms. The summed E-state index contributed by atoms with van der Waals surface area (Å²) in [5, 5.41) is 10.7. The van der Waals surface area contributed by atoms with Crippen molar-refractivity contribution in [2.75, 3.05) is 18.0 Å². The molecule has 2 heterocycles. The Morgan fingerprint density at radius 3 is 2.81 bits per heavy atom. The molecule has 116 valence electrons. The first-order valence-corrected chi connectivity index (χ1v) is 7.45. The molecule has 1 aliphatic rings. The first-order chi connectivity index (χ1) is 9.94. The largest absolute Gasteiger partial charge is 0.444 e. The second-order valence-electron chi connectivity index (χ2n) is 6.36. The van der Waals surface area contributed by atoms with Gasteiger partial charge in [0.1, 0.15) is 5.60 Å². The van der Waals surface area contributed by atoms with Crippen LogP contribution in [0.4, 0.5) is 10.5 Å². The topological polar surface area (TPSA) is 67.3 Å². The number of amides is 1. The number of aromatic nitrogens is 2. The van der Waals surface area contributed by atoms with Gasteiger partial charge >= 0.3 is 6.09 Å². The van der Waals surface area contributed by atoms with Crippen molar-refractivity contribution in [2.24, 2.45) is 0 Å². The van der Waals surface area contributed by atoms with Gasteiger partial charge in [-0.25, -0.2) is 4.79 Å². The van der Waals surface area contributed by atoms with Gasteiger partial charge in [-0.05, 0) is 46.1 Å². The summed E-state index contributed by atoms with van der Waals surface area (Å²) < 4.78 is 5.31. The molecule has 1 aromatic rings. The molecule has 1 aliphatic heterocycles. The number of rotatable bonds is 2. The highest BCUT2D eigenvalue weighted by atomic mass is 16.6. The van der Waals surface area contributed by atoms with Crippen molar-refractivity contribution >= 4 is 11.8 Å². The van der Waals surface area contributed by atoms with E-state index in [4.69, 9.17) is 4.74 Å².